The van der Waals surface area contributed by atoms with Gasteiger partial charge in [0.05, 0.1) is 6.10 Å². The Kier molecular flexibility index (Phi) is 5.17. The fourth-order valence-corrected chi connectivity index (χ4v) is 2.90. The summed E-state index contributed by atoms with van der Waals surface area (Å²) in [6.07, 6.45) is 2.34. The highest BCUT2D eigenvalue weighted by molar-refractivity contribution is 5.94. The molecule has 2 aromatic rings. The van der Waals surface area contributed by atoms with Crippen molar-refractivity contribution in [3.8, 4) is 0 Å². The van der Waals surface area contributed by atoms with Crippen LogP contribution in [-0.4, -0.2) is 58.5 Å². The van der Waals surface area contributed by atoms with Crippen LogP contribution in [0.2, 0.25) is 0 Å². The van der Waals surface area contributed by atoms with Crippen LogP contribution in [0, 0.1) is 5.82 Å². The van der Waals surface area contributed by atoms with Gasteiger partial charge in [0.15, 0.2) is 0 Å². The number of amides is 1. The molecule has 24 heavy (non-hydrogen) atoms. The van der Waals surface area contributed by atoms with Crippen molar-refractivity contribution < 1.29 is 14.3 Å². The number of piperazine rings is 1. The number of hydrogen-bond acceptors (Lipinski definition) is 4. The van der Waals surface area contributed by atoms with Crippen molar-refractivity contribution in [3.63, 3.8) is 0 Å². The summed E-state index contributed by atoms with van der Waals surface area (Å²) in [6.45, 7) is 2.85. The normalized spacial score (nSPS) is 16.8. The third-order valence-electron chi connectivity index (χ3n) is 4.28. The summed E-state index contributed by atoms with van der Waals surface area (Å²) in [5, 5.41) is 10.2. The van der Waals surface area contributed by atoms with E-state index < -0.39 is 11.9 Å². The van der Waals surface area contributed by atoms with Crippen LogP contribution in [0.15, 0.2) is 48.8 Å². The van der Waals surface area contributed by atoms with E-state index in [-0.39, 0.29) is 5.91 Å². The Labute approximate surface area is 140 Å². The van der Waals surface area contributed by atoms with E-state index in [0.717, 1.165) is 0 Å². The van der Waals surface area contributed by atoms with Gasteiger partial charge in [-0.1, -0.05) is 18.2 Å². The summed E-state index contributed by atoms with van der Waals surface area (Å²) < 4.78 is 13.7. The van der Waals surface area contributed by atoms with Crippen molar-refractivity contribution in [2.75, 3.05) is 32.7 Å². The standard InChI is InChI=1S/C18H20FN3O2/c19-16-4-2-1-3-15(16)17(23)13-21-9-11-22(12-10-21)18(24)14-5-7-20-8-6-14/h1-8,17,23H,9-13H2/t17-/m1/s1. The Morgan fingerprint density at radius 3 is 2.46 bits per heavy atom. The third kappa shape index (κ3) is 3.77. The molecule has 1 fully saturated rings. The third-order valence-corrected chi connectivity index (χ3v) is 4.28. The highest BCUT2D eigenvalue weighted by atomic mass is 19.1. The van der Waals surface area contributed by atoms with Gasteiger partial charge in [0.2, 0.25) is 0 Å². The predicted molar refractivity (Wildman–Crippen MR) is 87.9 cm³/mol. The van der Waals surface area contributed by atoms with Gasteiger partial charge >= 0.3 is 0 Å². The molecule has 126 valence electrons. The number of nitrogens with zero attached hydrogens (tertiary/aromatic N) is 3. The van der Waals surface area contributed by atoms with Crippen LogP contribution >= 0.6 is 0 Å². The Bertz CT molecular complexity index is 688. The Morgan fingerprint density at radius 2 is 1.79 bits per heavy atom. The number of β-amino-alcohol motifs (C(OH)–C–C–N with tert-alkyl or cyclic N) is 1. The summed E-state index contributed by atoms with van der Waals surface area (Å²) in [4.78, 5) is 20.1. The van der Waals surface area contributed by atoms with Crippen molar-refractivity contribution in [2.45, 2.75) is 6.10 Å². The molecule has 1 amide bonds. The molecule has 1 aromatic heterocycles. The van der Waals surface area contributed by atoms with Crippen molar-refractivity contribution in [1.29, 1.82) is 0 Å². The van der Waals surface area contributed by atoms with Crippen LogP contribution in [0.1, 0.15) is 22.0 Å². The molecule has 1 aromatic carbocycles. The summed E-state index contributed by atoms with van der Waals surface area (Å²) >= 11 is 0. The fourth-order valence-electron chi connectivity index (χ4n) is 2.90. The quantitative estimate of drug-likeness (QED) is 0.928. The molecular weight excluding hydrogens is 309 g/mol. The van der Waals surface area contributed by atoms with Gasteiger partial charge in [-0.3, -0.25) is 14.7 Å². The molecule has 1 aliphatic rings. The zero-order valence-electron chi connectivity index (χ0n) is 13.3. The molecule has 6 heteroatoms. The molecular formula is C18H20FN3O2. The maximum Gasteiger partial charge on any atom is 0.254 e. The van der Waals surface area contributed by atoms with Gasteiger partial charge in [-0.05, 0) is 18.2 Å². The predicted octanol–water partition coefficient (Wildman–Crippen LogP) is 1.71. The van der Waals surface area contributed by atoms with Crippen LogP contribution in [-0.2, 0) is 0 Å². The minimum absolute atomic E-state index is 0.00768. The van der Waals surface area contributed by atoms with Crippen LogP contribution < -0.4 is 0 Å². The highest BCUT2D eigenvalue weighted by Gasteiger charge is 2.24. The van der Waals surface area contributed by atoms with E-state index in [9.17, 15) is 14.3 Å². The van der Waals surface area contributed by atoms with Gasteiger partial charge in [-0.2, -0.15) is 0 Å². The smallest absolute Gasteiger partial charge is 0.254 e. The minimum Gasteiger partial charge on any atom is -0.387 e. The van der Waals surface area contributed by atoms with E-state index in [0.29, 0.717) is 43.9 Å². The van der Waals surface area contributed by atoms with Gasteiger partial charge in [0.25, 0.3) is 5.91 Å². The largest absolute Gasteiger partial charge is 0.387 e. The van der Waals surface area contributed by atoms with Gasteiger partial charge in [-0.15, -0.1) is 0 Å². The van der Waals surface area contributed by atoms with Gasteiger partial charge < -0.3 is 10.0 Å². The first-order valence-corrected chi connectivity index (χ1v) is 7.99. The number of halogens is 1. The van der Waals surface area contributed by atoms with Crippen molar-refractivity contribution in [3.05, 3.63) is 65.7 Å². The molecule has 0 aliphatic carbocycles. The summed E-state index contributed by atoms with van der Waals surface area (Å²) in [5.41, 5.74) is 0.942. The average molecular weight is 329 g/mol. The Balaban J connectivity index is 1.54. The van der Waals surface area contributed by atoms with E-state index in [4.69, 9.17) is 0 Å². The van der Waals surface area contributed by atoms with E-state index in [1.807, 2.05) is 4.90 Å². The first-order chi connectivity index (χ1) is 11.6. The monoisotopic (exact) mass is 329 g/mol. The number of pyridine rings is 1. The number of aliphatic hydroxyl groups is 1. The maximum atomic E-state index is 13.7. The molecule has 3 rings (SSSR count). The summed E-state index contributed by atoms with van der Waals surface area (Å²) in [5.74, 6) is -0.400. The topological polar surface area (TPSA) is 56.7 Å². The van der Waals surface area contributed by atoms with Gasteiger partial charge in [0.1, 0.15) is 5.82 Å². The maximum absolute atomic E-state index is 13.7. The summed E-state index contributed by atoms with van der Waals surface area (Å²) in [6, 6.07) is 9.68. The van der Waals surface area contributed by atoms with Crippen LogP contribution in [0.4, 0.5) is 4.39 Å². The molecule has 0 unspecified atom stereocenters. The van der Waals surface area contributed by atoms with Crippen LogP contribution in [0.3, 0.4) is 0 Å². The fraction of sp³-hybridized carbons (Fsp3) is 0.333. The average Bonchev–Trinajstić information content (AvgIpc) is 2.63. The number of benzene rings is 1. The second-order valence-corrected chi connectivity index (χ2v) is 5.87. The molecule has 0 saturated carbocycles. The number of carbonyl (C=O) groups excluding carboxylic acids is 1. The SMILES string of the molecule is O=C(c1ccncc1)N1CCN(C[C@@H](O)c2ccccc2F)CC1. The molecule has 5 nitrogen and oxygen atoms in total. The lowest BCUT2D eigenvalue weighted by atomic mass is 10.1. The van der Waals surface area contributed by atoms with Gasteiger partial charge in [-0.25, -0.2) is 4.39 Å². The lowest BCUT2D eigenvalue weighted by Gasteiger charge is -2.35. The molecule has 1 atom stereocenters. The van der Waals surface area contributed by atoms with Crippen molar-refractivity contribution in [1.82, 2.24) is 14.8 Å². The molecule has 0 bridgehead atoms. The summed E-state index contributed by atoms with van der Waals surface area (Å²) in [7, 11) is 0. The molecule has 1 saturated heterocycles. The first-order valence-electron chi connectivity index (χ1n) is 7.99. The van der Waals surface area contributed by atoms with Crippen molar-refractivity contribution in [2.24, 2.45) is 0 Å². The van der Waals surface area contributed by atoms with Crippen LogP contribution in [0.5, 0.6) is 0 Å². The Morgan fingerprint density at radius 1 is 1.12 bits per heavy atom. The van der Waals surface area contributed by atoms with Crippen LogP contribution in [0.25, 0.3) is 0 Å². The number of aromatic nitrogens is 1. The second kappa shape index (κ2) is 7.51. The Hall–Kier alpha value is -2.31. The molecule has 0 radical (unpaired) electrons. The number of rotatable bonds is 4. The number of hydrogen-bond donors (Lipinski definition) is 1. The minimum atomic E-state index is -0.867. The number of aliphatic hydroxyl groups excluding tert-OH is 1. The molecule has 1 aliphatic heterocycles. The van der Waals surface area contributed by atoms with Gasteiger partial charge in [0, 0.05) is 56.2 Å². The van der Waals surface area contributed by atoms with E-state index in [1.54, 1.807) is 47.6 Å². The zero-order valence-corrected chi connectivity index (χ0v) is 13.3. The second-order valence-electron chi connectivity index (χ2n) is 5.87. The van der Waals surface area contributed by atoms with E-state index in [2.05, 4.69) is 4.98 Å². The first kappa shape index (κ1) is 16.5. The lowest BCUT2D eigenvalue weighted by Crippen LogP contribution is -2.49. The zero-order chi connectivity index (χ0) is 16.9. The van der Waals surface area contributed by atoms with E-state index in [1.165, 1.54) is 6.07 Å². The molecule has 2 heterocycles. The van der Waals surface area contributed by atoms with E-state index >= 15 is 0 Å². The highest BCUT2D eigenvalue weighted by Crippen LogP contribution is 2.18. The lowest BCUT2D eigenvalue weighted by molar-refractivity contribution is 0.0522. The number of carbonyl (C=O) groups is 1. The molecule has 1 N–H and O–H groups in total. The van der Waals surface area contributed by atoms with Crippen molar-refractivity contribution >= 4 is 5.91 Å². The molecule has 0 spiro atoms.